The Hall–Kier alpha value is -4.36. The molecule has 41 heavy (non-hydrogen) atoms. The zero-order chi connectivity index (χ0) is 28.8. The highest BCUT2D eigenvalue weighted by atomic mass is 16.5. The lowest BCUT2D eigenvalue weighted by Gasteiger charge is -2.26. The van der Waals surface area contributed by atoms with E-state index in [1.807, 2.05) is 48.5 Å². The Morgan fingerprint density at radius 1 is 0.829 bits per heavy atom. The Kier molecular flexibility index (Phi) is 8.85. The van der Waals surface area contributed by atoms with E-state index in [2.05, 4.69) is 4.90 Å². The second-order valence-electron chi connectivity index (χ2n) is 10.2. The number of para-hydroxylation sites is 1. The Morgan fingerprint density at radius 2 is 1.59 bits per heavy atom. The molecule has 0 saturated carbocycles. The molecule has 7 nitrogen and oxygen atoms in total. The van der Waals surface area contributed by atoms with Crippen LogP contribution >= 0.6 is 0 Å². The first kappa shape index (κ1) is 28.2. The van der Waals surface area contributed by atoms with Crippen LogP contribution in [-0.4, -0.2) is 62.2 Å². The molecule has 0 aliphatic carbocycles. The van der Waals surface area contributed by atoms with Gasteiger partial charge in [0.25, 0.3) is 0 Å². The Balaban J connectivity index is 1.50. The predicted octanol–water partition coefficient (Wildman–Crippen LogP) is 6.25. The van der Waals surface area contributed by atoms with Gasteiger partial charge in [0.15, 0.2) is 5.78 Å². The van der Waals surface area contributed by atoms with Gasteiger partial charge in [-0.05, 0) is 84.7 Å². The Bertz CT molecular complexity index is 1540. The van der Waals surface area contributed by atoms with Gasteiger partial charge < -0.3 is 19.3 Å². The Labute approximate surface area is 240 Å². The lowest BCUT2D eigenvalue weighted by atomic mass is 9.88. The fourth-order valence-electron chi connectivity index (χ4n) is 5.57. The van der Waals surface area contributed by atoms with E-state index in [1.54, 1.807) is 31.4 Å². The van der Waals surface area contributed by atoms with Crippen LogP contribution in [0.4, 0.5) is 0 Å². The van der Waals surface area contributed by atoms with E-state index in [0.717, 1.165) is 36.2 Å². The summed E-state index contributed by atoms with van der Waals surface area (Å²) in [5.74, 6) is 0.747. The molecule has 7 heteroatoms. The van der Waals surface area contributed by atoms with E-state index in [9.17, 15) is 14.7 Å². The molecule has 0 radical (unpaired) electrons. The summed E-state index contributed by atoms with van der Waals surface area (Å²) in [6.45, 7) is 3.75. The van der Waals surface area contributed by atoms with Gasteiger partial charge in [0.1, 0.15) is 23.9 Å². The third-order valence-electron chi connectivity index (χ3n) is 7.63. The summed E-state index contributed by atoms with van der Waals surface area (Å²) in [5, 5.41) is 11.1. The maximum absolute atomic E-state index is 14.2. The van der Waals surface area contributed by atoms with Crippen LogP contribution in [0.1, 0.15) is 40.7 Å². The van der Waals surface area contributed by atoms with Crippen LogP contribution in [0.5, 0.6) is 17.2 Å². The quantitative estimate of drug-likeness (QED) is 0.220. The molecule has 0 amide bonds. The lowest BCUT2D eigenvalue weighted by Crippen LogP contribution is -2.33. The van der Waals surface area contributed by atoms with Crippen LogP contribution in [0.15, 0.2) is 72.8 Å². The van der Waals surface area contributed by atoms with Crippen LogP contribution in [0.25, 0.3) is 21.9 Å². The number of methoxy groups -OCH3 is 2. The number of piperidine rings is 1. The van der Waals surface area contributed by atoms with Gasteiger partial charge in [0, 0.05) is 28.8 Å². The number of hydrogen-bond acceptors (Lipinski definition) is 6. The van der Waals surface area contributed by atoms with E-state index in [4.69, 9.17) is 14.2 Å². The third kappa shape index (κ3) is 6.36. The monoisotopic (exact) mass is 553 g/mol. The molecule has 0 atom stereocenters. The molecule has 1 heterocycles. The molecule has 1 aliphatic heterocycles. The highest BCUT2D eigenvalue weighted by Crippen LogP contribution is 2.39. The minimum Gasteiger partial charge on any atom is -0.497 e. The van der Waals surface area contributed by atoms with Gasteiger partial charge in [-0.3, -0.25) is 14.5 Å². The van der Waals surface area contributed by atoms with Crippen molar-refractivity contribution in [2.45, 2.75) is 25.7 Å². The predicted molar refractivity (Wildman–Crippen MR) is 159 cm³/mol. The van der Waals surface area contributed by atoms with Crippen LogP contribution < -0.4 is 14.2 Å². The summed E-state index contributed by atoms with van der Waals surface area (Å²) in [6, 6.07) is 22.1. The third-order valence-corrected chi connectivity index (χ3v) is 7.63. The maximum Gasteiger partial charge on any atom is 0.307 e. The SMILES string of the molecule is COc1ccc2c(C(=O)c3ccc(OCCN4CCCCC4)cc3)c(-c3cccc(CC(=O)O)c3OC)ccc2c1. The lowest BCUT2D eigenvalue weighted by molar-refractivity contribution is -0.136. The minimum absolute atomic E-state index is 0.152. The highest BCUT2D eigenvalue weighted by molar-refractivity contribution is 6.20. The number of hydrogen-bond donors (Lipinski definition) is 1. The summed E-state index contributed by atoms with van der Waals surface area (Å²) in [4.78, 5) is 28.1. The van der Waals surface area contributed by atoms with Crippen LogP contribution in [0.3, 0.4) is 0 Å². The minimum atomic E-state index is -0.958. The average Bonchev–Trinajstić information content (AvgIpc) is 3.00. The number of fused-ring (bicyclic) bond motifs is 1. The van der Waals surface area contributed by atoms with Crippen molar-refractivity contribution >= 4 is 22.5 Å². The largest absolute Gasteiger partial charge is 0.497 e. The molecule has 1 N–H and O–H groups in total. The zero-order valence-electron chi connectivity index (χ0n) is 23.5. The number of carboxylic acids is 1. The van der Waals surface area contributed by atoms with Crippen LogP contribution in [-0.2, 0) is 11.2 Å². The number of carboxylic acid groups (broad SMARTS) is 1. The second-order valence-corrected chi connectivity index (χ2v) is 10.2. The van der Waals surface area contributed by atoms with E-state index in [1.165, 1.54) is 26.4 Å². The molecule has 1 fully saturated rings. The number of carbonyl (C=O) groups is 2. The van der Waals surface area contributed by atoms with Gasteiger partial charge in [-0.2, -0.15) is 0 Å². The van der Waals surface area contributed by atoms with Gasteiger partial charge >= 0.3 is 5.97 Å². The number of rotatable bonds is 11. The standard InChI is InChI=1S/C34H35NO6/c1-39-27-14-16-28-24(21-27)11-15-29(30-8-6-7-25(22-31(36)37)34(30)40-2)32(28)33(38)23-9-12-26(13-10-23)41-20-19-35-17-4-3-5-18-35/h6-16,21H,3-5,17-20,22H2,1-2H3,(H,36,37). The summed E-state index contributed by atoms with van der Waals surface area (Å²) < 4.78 is 17.1. The number of benzene rings is 4. The summed E-state index contributed by atoms with van der Waals surface area (Å²) in [5.41, 5.74) is 2.90. The van der Waals surface area contributed by atoms with Gasteiger partial charge in [-0.25, -0.2) is 0 Å². The topological polar surface area (TPSA) is 85.3 Å². The number of ketones is 1. The number of likely N-dealkylation sites (tertiary alicyclic amines) is 1. The van der Waals surface area contributed by atoms with Crippen molar-refractivity contribution in [1.82, 2.24) is 4.90 Å². The molecule has 212 valence electrons. The summed E-state index contributed by atoms with van der Waals surface area (Å²) in [6.07, 6.45) is 3.61. The van der Waals surface area contributed by atoms with Crippen LogP contribution in [0.2, 0.25) is 0 Å². The molecule has 0 unspecified atom stereocenters. The van der Waals surface area contributed by atoms with Crippen molar-refractivity contribution in [3.63, 3.8) is 0 Å². The maximum atomic E-state index is 14.2. The van der Waals surface area contributed by atoms with E-state index < -0.39 is 5.97 Å². The molecular formula is C34H35NO6. The van der Waals surface area contributed by atoms with Gasteiger partial charge in [0.05, 0.1) is 20.6 Å². The Morgan fingerprint density at radius 3 is 2.29 bits per heavy atom. The number of ether oxygens (including phenoxy) is 3. The van der Waals surface area contributed by atoms with Crippen LogP contribution in [0, 0.1) is 0 Å². The van der Waals surface area contributed by atoms with Crippen molar-refractivity contribution in [1.29, 1.82) is 0 Å². The average molecular weight is 554 g/mol. The molecule has 0 spiro atoms. The van der Waals surface area contributed by atoms with Crippen molar-refractivity contribution in [2.24, 2.45) is 0 Å². The van der Waals surface area contributed by atoms with E-state index >= 15 is 0 Å². The highest BCUT2D eigenvalue weighted by Gasteiger charge is 2.22. The van der Waals surface area contributed by atoms with Gasteiger partial charge in [-0.15, -0.1) is 0 Å². The molecule has 1 aliphatic rings. The van der Waals surface area contributed by atoms with E-state index in [-0.39, 0.29) is 12.2 Å². The molecule has 4 aromatic carbocycles. The first-order chi connectivity index (χ1) is 20.0. The normalized spacial score (nSPS) is 13.6. The first-order valence-electron chi connectivity index (χ1n) is 14.0. The fourth-order valence-corrected chi connectivity index (χ4v) is 5.57. The summed E-state index contributed by atoms with van der Waals surface area (Å²) >= 11 is 0. The molecular weight excluding hydrogens is 518 g/mol. The van der Waals surface area contributed by atoms with Gasteiger partial charge in [0.2, 0.25) is 0 Å². The molecule has 5 rings (SSSR count). The molecule has 4 aromatic rings. The molecule has 0 aromatic heterocycles. The van der Waals surface area contributed by atoms with Crippen molar-refractivity contribution in [3.8, 4) is 28.4 Å². The van der Waals surface area contributed by atoms with Crippen molar-refractivity contribution in [2.75, 3.05) is 40.5 Å². The number of aliphatic carboxylic acids is 1. The van der Waals surface area contributed by atoms with Crippen molar-refractivity contribution in [3.05, 3.63) is 89.5 Å². The van der Waals surface area contributed by atoms with Gasteiger partial charge in [-0.1, -0.05) is 36.8 Å². The fraction of sp³-hybridized carbons (Fsp3) is 0.294. The zero-order valence-corrected chi connectivity index (χ0v) is 23.5. The molecule has 0 bridgehead atoms. The number of carbonyl (C=O) groups excluding carboxylic acids is 1. The first-order valence-corrected chi connectivity index (χ1v) is 14.0. The summed E-state index contributed by atoms with van der Waals surface area (Å²) in [7, 11) is 3.12. The van der Waals surface area contributed by atoms with E-state index in [0.29, 0.717) is 45.9 Å². The number of nitrogens with zero attached hydrogens (tertiary/aromatic N) is 1. The molecule has 1 saturated heterocycles. The smallest absolute Gasteiger partial charge is 0.307 e. The van der Waals surface area contributed by atoms with Crippen molar-refractivity contribution < 1.29 is 28.9 Å². The second kappa shape index (κ2) is 12.9.